The number of carboxylic acids is 1. The second-order valence-electron chi connectivity index (χ2n) is 4.30. The molecular weight excluding hydrogens is 259 g/mol. The first-order valence-electron chi connectivity index (χ1n) is 6.29. The molecule has 20 heavy (non-hydrogen) atoms. The SMILES string of the molecule is CCN(Cc1ccccn1)c1ccc(C(=O)O)c(F)c1. The first-order chi connectivity index (χ1) is 9.61. The van der Waals surface area contributed by atoms with E-state index in [-0.39, 0.29) is 5.56 Å². The van der Waals surface area contributed by atoms with Gasteiger partial charge in [0.2, 0.25) is 0 Å². The van der Waals surface area contributed by atoms with Crippen molar-refractivity contribution in [1.29, 1.82) is 0 Å². The summed E-state index contributed by atoms with van der Waals surface area (Å²) in [4.78, 5) is 17.0. The Morgan fingerprint density at radius 3 is 2.70 bits per heavy atom. The third kappa shape index (κ3) is 3.12. The van der Waals surface area contributed by atoms with Gasteiger partial charge < -0.3 is 10.0 Å². The van der Waals surface area contributed by atoms with Gasteiger partial charge >= 0.3 is 5.97 Å². The van der Waals surface area contributed by atoms with Crippen molar-refractivity contribution >= 4 is 11.7 Å². The lowest BCUT2D eigenvalue weighted by atomic mass is 10.1. The standard InChI is InChI=1S/C15H15FN2O2/c1-2-18(10-11-5-3-4-8-17-11)12-6-7-13(15(19)20)14(16)9-12/h3-9H,2,10H2,1H3,(H,19,20). The molecule has 5 heteroatoms. The summed E-state index contributed by atoms with van der Waals surface area (Å²) in [6, 6.07) is 9.76. The topological polar surface area (TPSA) is 53.4 Å². The van der Waals surface area contributed by atoms with E-state index >= 15 is 0 Å². The van der Waals surface area contributed by atoms with Gasteiger partial charge in [-0.2, -0.15) is 0 Å². The molecule has 1 N–H and O–H groups in total. The minimum absolute atomic E-state index is 0.317. The molecule has 1 aromatic carbocycles. The zero-order chi connectivity index (χ0) is 14.5. The van der Waals surface area contributed by atoms with Crippen LogP contribution in [0.25, 0.3) is 0 Å². The molecule has 0 spiro atoms. The average molecular weight is 274 g/mol. The molecule has 0 unspecified atom stereocenters. The highest BCUT2D eigenvalue weighted by atomic mass is 19.1. The lowest BCUT2D eigenvalue weighted by molar-refractivity contribution is 0.0692. The molecule has 0 aliphatic heterocycles. The van der Waals surface area contributed by atoms with Gasteiger partial charge in [-0.1, -0.05) is 6.07 Å². The normalized spacial score (nSPS) is 10.3. The number of aromatic nitrogens is 1. The van der Waals surface area contributed by atoms with Crippen LogP contribution in [0.15, 0.2) is 42.6 Å². The van der Waals surface area contributed by atoms with E-state index in [1.807, 2.05) is 30.0 Å². The van der Waals surface area contributed by atoms with E-state index in [4.69, 9.17) is 5.11 Å². The first-order valence-corrected chi connectivity index (χ1v) is 6.29. The Balaban J connectivity index is 2.24. The molecule has 0 saturated carbocycles. The summed E-state index contributed by atoms with van der Waals surface area (Å²) in [7, 11) is 0. The predicted molar refractivity (Wildman–Crippen MR) is 74.3 cm³/mol. The van der Waals surface area contributed by atoms with Gasteiger partial charge in [0.1, 0.15) is 5.82 Å². The molecule has 0 bridgehead atoms. The Kier molecular flexibility index (Phi) is 4.30. The number of hydrogen-bond donors (Lipinski definition) is 1. The molecule has 104 valence electrons. The van der Waals surface area contributed by atoms with Gasteiger partial charge in [-0.3, -0.25) is 4.98 Å². The molecule has 2 aromatic rings. The number of aromatic carboxylic acids is 1. The molecule has 0 amide bonds. The number of halogens is 1. The van der Waals surface area contributed by atoms with Crippen LogP contribution < -0.4 is 4.90 Å². The molecule has 0 fully saturated rings. The maximum absolute atomic E-state index is 13.7. The number of anilines is 1. The van der Waals surface area contributed by atoms with Crippen molar-refractivity contribution in [3.8, 4) is 0 Å². The molecule has 2 rings (SSSR count). The highest BCUT2D eigenvalue weighted by molar-refractivity contribution is 5.88. The fourth-order valence-electron chi connectivity index (χ4n) is 1.95. The second-order valence-corrected chi connectivity index (χ2v) is 4.30. The van der Waals surface area contributed by atoms with E-state index in [0.717, 1.165) is 5.69 Å². The number of pyridine rings is 1. The molecular formula is C15H15FN2O2. The Hall–Kier alpha value is -2.43. The van der Waals surface area contributed by atoms with E-state index in [0.29, 0.717) is 18.8 Å². The molecule has 0 aliphatic rings. The van der Waals surface area contributed by atoms with E-state index in [2.05, 4.69) is 4.98 Å². The predicted octanol–water partition coefficient (Wildman–Crippen LogP) is 2.95. The maximum Gasteiger partial charge on any atom is 0.338 e. The number of hydrogen-bond acceptors (Lipinski definition) is 3. The van der Waals surface area contributed by atoms with Gasteiger partial charge in [-0.25, -0.2) is 9.18 Å². The van der Waals surface area contributed by atoms with E-state index < -0.39 is 11.8 Å². The monoisotopic (exact) mass is 274 g/mol. The molecule has 0 saturated heterocycles. The highest BCUT2D eigenvalue weighted by Crippen LogP contribution is 2.20. The highest BCUT2D eigenvalue weighted by Gasteiger charge is 2.13. The van der Waals surface area contributed by atoms with Crippen molar-refractivity contribution in [2.45, 2.75) is 13.5 Å². The Bertz CT molecular complexity index is 602. The fraction of sp³-hybridized carbons (Fsp3) is 0.200. The Labute approximate surface area is 116 Å². The van der Waals surface area contributed by atoms with Crippen molar-refractivity contribution in [2.24, 2.45) is 0 Å². The second kappa shape index (κ2) is 6.14. The third-order valence-corrected chi connectivity index (χ3v) is 3.01. The van der Waals surface area contributed by atoms with Crippen molar-refractivity contribution in [3.63, 3.8) is 0 Å². The zero-order valence-electron chi connectivity index (χ0n) is 11.1. The van der Waals surface area contributed by atoms with Crippen LogP contribution in [0.1, 0.15) is 23.0 Å². The first kappa shape index (κ1) is 14.0. The zero-order valence-corrected chi connectivity index (χ0v) is 11.1. The Morgan fingerprint density at radius 1 is 1.35 bits per heavy atom. The van der Waals surface area contributed by atoms with Crippen LogP contribution in [0, 0.1) is 5.82 Å². The number of rotatable bonds is 5. The number of carbonyl (C=O) groups is 1. The summed E-state index contributed by atoms with van der Waals surface area (Å²) >= 11 is 0. The van der Waals surface area contributed by atoms with Crippen LogP contribution >= 0.6 is 0 Å². The molecule has 1 heterocycles. The lowest BCUT2D eigenvalue weighted by Gasteiger charge is -2.23. The van der Waals surface area contributed by atoms with Crippen LogP contribution in [0.2, 0.25) is 0 Å². The third-order valence-electron chi connectivity index (χ3n) is 3.01. The maximum atomic E-state index is 13.7. The van der Waals surface area contributed by atoms with Gasteiger partial charge in [-0.15, -0.1) is 0 Å². The number of nitrogens with zero attached hydrogens (tertiary/aromatic N) is 2. The summed E-state index contributed by atoms with van der Waals surface area (Å²) in [5.41, 5.74) is 1.19. The van der Waals surface area contributed by atoms with Gasteiger partial charge in [0, 0.05) is 18.4 Å². The van der Waals surface area contributed by atoms with E-state index in [9.17, 15) is 9.18 Å². The van der Waals surface area contributed by atoms with Crippen molar-refractivity contribution in [2.75, 3.05) is 11.4 Å². The van der Waals surface area contributed by atoms with Gasteiger partial charge in [0.15, 0.2) is 0 Å². The van der Waals surface area contributed by atoms with Crippen LogP contribution in [-0.2, 0) is 6.54 Å². The van der Waals surface area contributed by atoms with Crippen LogP contribution in [0.4, 0.5) is 10.1 Å². The number of benzene rings is 1. The van der Waals surface area contributed by atoms with Crippen molar-refractivity contribution < 1.29 is 14.3 Å². The van der Waals surface area contributed by atoms with E-state index in [1.54, 1.807) is 12.3 Å². The van der Waals surface area contributed by atoms with Gasteiger partial charge in [0.25, 0.3) is 0 Å². The van der Waals surface area contributed by atoms with Crippen LogP contribution in [-0.4, -0.2) is 22.6 Å². The molecule has 0 aliphatic carbocycles. The minimum atomic E-state index is -1.26. The molecule has 0 radical (unpaired) electrons. The number of carboxylic acid groups (broad SMARTS) is 1. The van der Waals surface area contributed by atoms with Crippen LogP contribution in [0.3, 0.4) is 0 Å². The molecule has 0 atom stereocenters. The summed E-state index contributed by atoms with van der Waals surface area (Å²) in [6.07, 6.45) is 1.71. The van der Waals surface area contributed by atoms with Crippen LogP contribution in [0.5, 0.6) is 0 Å². The quantitative estimate of drug-likeness (QED) is 0.910. The Morgan fingerprint density at radius 2 is 2.15 bits per heavy atom. The largest absolute Gasteiger partial charge is 0.478 e. The molecule has 4 nitrogen and oxygen atoms in total. The summed E-state index contributed by atoms with van der Waals surface area (Å²) < 4.78 is 13.7. The molecule has 1 aromatic heterocycles. The van der Waals surface area contributed by atoms with Gasteiger partial charge in [-0.05, 0) is 37.3 Å². The average Bonchev–Trinajstić information content (AvgIpc) is 2.45. The lowest BCUT2D eigenvalue weighted by Crippen LogP contribution is -2.22. The smallest absolute Gasteiger partial charge is 0.338 e. The van der Waals surface area contributed by atoms with E-state index in [1.165, 1.54) is 12.1 Å². The minimum Gasteiger partial charge on any atom is -0.478 e. The summed E-state index contributed by atoms with van der Waals surface area (Å²) in [5, 5.41) is 8.82. The summed E-state index contributed by atoms with van der Waals surface area (Å²) in [5.74, 6) is -1.99. The van der Waals surface area contributed by atoms with Gasteiger partial charge in [0.05, 0.1) is 17.8 Å². The summed E-state index contributed by atoms with van der Waals surface area (Å²) in [6.45, 7) is 3.16. The van der Waals surface area contributed by atoms with Crippen molar-refractivity contribution in [1.82, 2.24) is 4.98 Å². The fourth-order valence-corrected chi connectivity index (χ4v) is 1.95. The van der Waals surface area contributed by atoms with Crippen molar-refractivity contribution in [3.05, 3.63) is 59.7 Å².